The van der Waals surface area contributed by atoms with Crippen LogP contribution in [0.15, 0.2) is 36.7 Å². The van der Waals surface area contributed by atoms with Crippen LogP contribution in [0.2, 0.25) is 0 Å². The summed E-state index contributed by atoms with van der Waals surface area (Å²) in [4.78, 5) is 14.1. The van der Waals surface area contributed by atoms with Gasteiger partial charge >= 0.3 is 0 Å². The number of aromatic nitrogens is 1. The number of anilines is 1. The number of amides is 1. The lowest BCUT2D eigenvalue weighted by Crippen LogP contribution is -2.18. The van der Waals surface area contributed by atoms with Crippen molar-refractivity contribution in [2.45, 2.75) is 0 Å². The van der Waals surface area contributed by atoms with Gasteiger partial charge in [-0.25, -0.2) is 0 Å². The highest BCUT2D eigenvalue weighted by molar-refractivity contribution is 5.84. The first-order valence-corrected chi connectivity index (χ1v) is 4.19. The van der Waals surface area contributed by atoms with Crippen LogP contribution in [0.3, 0.4) is 0 Å². The van der Waals surface area contributed by atoms with Crippen molar-refractivity contribution in [3.8, 4) is 0 Å². The molecule has 0 aliphatic rings. The van der Waals surface area contributed by atoms with Crippen LogP contribution in [-0.2, 0) is 4.79 Å². The van der Waals surface area contributed by atoms with E-state index in [1.165, 1.54) is 0 Å². The molecular weight excluding hydrogens is 178 g/mol. The molecule has 4 heteroatoms. The fraction of sp³-hybridized carbons (Fsp3) is 0. The highest BCUT2D eigenvalue weighted by Gasteiger charge is 1.94. The standard InChI is InChI=1S/C10H9N3O/c14-7-12-13-10-2-1-9-6-11-4-3-8(9)5-10/h1-7,13H,(H,12,14). The summed E-state index contributed by atoms with van der Waals surface area (Å²) in [5.41, 5.74) is 5.97. The molecule has 1 amide bonds. The van der Waals surface area contributed by atoms with Gasteiger partial charge in [-0.1, -0.05) is 6.07 Å². The Bertz CT molecular complexity index is 456. The SMILES string of the molecule is O=CNNc1ccc2cnccc2c1. The monoisotopic (exact) mass is 187 g/mol. The lowest BCUT2D eigenvalue weighted by molar-refractivity contribution is -0.109. The van der Waals surface area contributed by atoms with Gasteiger partial charge in [-0.15, -0.1) is 0 Å². The van der Waals surface area contributed by atoms with Crippen LogP contribution >= 0.6 is 0 Å². The summed E-state index contributed by atoms with van der Waals surface area (Å²) in [5.74, 6) is 0. The van der Waals surface area contributed by atoms with Crippen LogP contribution in [0.4, 0.5) is 5.69 Å². The van der Waals surface area contributed by atoms with E-state index in [1.807, 2.05) is 24.3 Å². The Labute approximate surface area is 80.9 Å². The number of nitrogens with zero attached hydrogens (tertiary/aromatic N) is 1. The summed E-state index contributed by atoms with van der Waals surface area (Å²) in [6.45, 7) is 0. The highest BCUT2D eigenvalue weighted by atomic mass is 16.1. The average molecular weight is 187 g/mol. The molecule has 2 N–H and O–H groups in total. The summed E-state index contributed by atoms with van der Waals surface area (Å²) in [7, 11) is 0. The second-order valence-corrected chi connectivity index (χ2v) is 2.82. The smallest absolute Gasteiger partial charge is 0.225 e. The fourth-order valence-electron chi connectivity index (χ4n) is 1.27. The minimum absolute atomic E-state index is 0.594. The third-order valence-corrected chi connectivity index (χ3v) is 1.92. The number of pyridine rings is 1. The normalized spacial score (nSPS) is 9.71. The summed E-state index contributed by atoms with van der Waals surface area (Å²) < 4.78 is 0. The Morgan fingerprint density at radius 3 is 3.00 bits per heavy atom. The topological polar surface area (TPSA) is 54.0 Å². The van der Waals surface area contributed by atoms with Gasteiger partial charge in [-0.05, 0) is 23.6 Å². The molecule has 1 aromatic heterocycles. The van der Waals surface area contributed by atoms with Gasteiger partial charge in [-0.2, -0.15) is 0 Å². The number of hydrazine groups is 1. The van der Waals surface area contributed by atoms with E-state index in [-0.39, 0.29) is 0 Å². The van der Waals surface area contributed by atoms with E-state index in [1.54, 1.807) is 12.4 Å². The van der Waals surface area contributed by atoms with Gasteiger partial charge in [0.15, 0.2) is 0 Å². The number of benzene rings is 1. The molecular formula is C10H9N3O. The lowest BCUT2D eigenvalue weighted by atomic mass is 10.1. The maximum absolute atomic E-state index is 10.1. The molecule has 0 bridgehead atoms. The Kier molecular flexibility index (Phi) is 2.27. The van der Waals surface area contributed by atoms with Crippen LogP contribution < -0.4 is 10.9 Å². The molecule has 0 atom stereocenters. The van der Waals surface area contributed by atoms with Crippen LogP contribution in [0.25, 0.3) is 10.8 Å². The van der Waals surface area contributed by atoms with Crippen molar-refractivity contribution in [1.29, 1.82) is 0 Å². The Morgan fingerprint density at radius 2 is 2.14 bits per heavy atom. The summed E-state index contributed by atoms with van der Waals surface area (Å²) in [5, 5.41) is 2.15. The molecule has 2 aromatic rings. The minimum atomic E-state index is 0.594. The molecule has 0 spiro atoms. The molecule has 0 unspecified atom stereocenters. The van der Waals surface area contributed by atoms with E-state index in [2.05, 4.69) is 15.8 Å². The maximum Gasteiger partial charge on any atom is 0.225 e. The summed E-state index contributed by atoms with van der Waals surface area (Å²) in [6.07, 6.45) is 4.13. The first-order valence-electron chi connectivity index (χ1n) is 4.19. The number of fused-ring (bicyclic) bond motifs is 1. The number of carbonyl (C=O) groups is 1. The van der Waals surface area contributed by atoms with Gasteiger partial charge in [0.1, 0.15) is 0 Å². The van der Waals surface area contributed by atoms with E-state index < -0.39 is 0 Å². The van der Waals surface area contributed by atoms with Crippen molar-refractivity contribution in [2.75, 3.05) is 5.43 Å². The summed E-state index contributed by atoms with van der Waals surface area (Å²) >= 11 is 0. The average Bonchev–Trinajstić information content (AvgIpc) is 2.26. The molecule has 0 aliphatic heterocycles. The van der Waals surface area contributed by atoms with Gasteiger partial charge in [-0.3, -0.25) is 20.6 Å². The summed E-state index contributed by atoms with van der Waals surface area (Å²) in [6, 6.07) is 7.67. The molecule has 0 fully saturated rings. The Balaban J connectivity index is 2.36. The molecule has 70 valence electrons. The Morgan fingerprint density at radius 1 is 1.21 bits per heavy atom. The van der Waals surface area contributed by atoms with Gasteiger partial charge in [0.2, 0.25) is 6.41 Å². The van der Waals surface area contributed by atoms with Crippen molar-refractivity contribution in [1.82, 2.24) is 10.4 Å². The highest BCUT2D eigenvalue weighted by Crippen LogP contribution is 2.16. The molecule has 1 heterocycles. The zero-order valence-corrected chi connectivity index (χ0v) is 7.40. The molecule has 2 rings (SSSR count). The van der Waals surface area contributed by atoms with E-state index in [9.17, 15) is 4.79 Å². The van der Waals surface area contributed by atoms with Crippen molar-refractivity contribution in [3.63, 3.8) is 0 Å². The van der Waals surface area contributed by atoms with Gasteiger partial charge in [0, 0.05) is 17.8 Å². The van der Waals surface area contributed by atoms with Gasteiger partial charge in [0.05, 0.1) is 5.69 Å². The number of rotatable bonds is 3. The third-order valence-electron chi connectivity index (χ3n) is 1.92. The number of carbonyl (C=O) groups excluding carboxylic acids is 1. The van der Waals surface area contributed by atoms with Gasteiger partial charge < -0.3 is 0 Å². The van der Waals surface area contributed by atoms with Crippen LogP contribution in [-0.4, -0.2) is 11.4 Å². The predicted molar refractivity (Wildman–Crippen MR) is 54.6 cm³/mol. The van der Waals surface area contributed by atoms with E-state index in [0.29, 0.717) is 6.41 Å². The van der Waals surface area contributed by atoms with Crippen molar-refractivity contribution >= 4 is 22.9 Å². The largest absolute Gasteiger partial charge is 0.299 e. The molecule has 0 radical (unpaired) electrons. The fourth-order valence-corrected chi connectivity index (χ4v) is 1.27. The number of nitrogens with one attached hydrogen (secondary N) is 2. The van der Waals surface area contributed by atoms with Crippen molar-refractivity contribution in [3.05, 3.63) is 36.7 Å². The van der Waals surface area contributed by atoms with Gasteiger partial charge in [0.25, 0.3) is 0 Å². The number of hydrogen-bond donors (Lipinski definition) is 2. The molecule has 0 saturated carbocycles. The first kappa shape index (κ1) is 8.50. The van der Waals surface area contributed by atoms with Crippen molar-refractivity contribution in [2.24, 2.45) is 0 Å². The van der Waals surface area contributed by atoms with Crippen LogP contribution in [0.1, 0.15) is 0 Å². The number of hydrogen-bond acceptors (Lipinski definition) is 3. The first-order chi connectivity index (χ1) is 6.90. The van der Waals surface area contributed by atoms with E-state index >= 15 is 0 Å². The zero-order valence-electron chi connectivity index (χ0n) is 7.40. The lowest BCUT2D eigenvalue weighted by Gasteiger charge is -2.04. The van der Waals surface area contributed by atoms with E-state index in [4.69, 9.17) is 0 Å². The second-order valence-electron chi connectivity index (χ2n) is 2.82. The predicted octanol–water partition coefficient (Wildman–Crippen LogP) is 1.31. The minimum Gasteiger partial charge on any atom is -0.299 e. The Hall–Kier alpha value is -2.10. The molecule has 14 heavy (non-hydrogen) atoms. The quantitative estimate of drug-likeness (QED) is 0.562. The molecule has 1 aromatic carbocycles. The molecule has 0 aliphatic carbocycles. The third kappa shape index (κ3) is 1.64. The van der Waals surface area contributed by atoms with Crippen molar-refractivity contribution < 1.29 is 4.79 Å². The molecule has 0 saturated heterocycles. The van der Waals surface area contributed by atoms with Crippen LogP contribution in [0.5, 0.6) is 0 Å². The maximum atomic E-state index is 10.1. The molecule has 4 nitrogen and oxygen atoms in total. The zero-order chi connectivity index (χ0) is 9.80. The van der Waals surface area contributed by atoms with Crippen LogP contribution in [0, 0.1) is 0 Å². The van der Waals surface area contributed by atoms with E-state index in [0.717, 1.165) is 16.5 Å². The second kappa shape index (κ2) is 3.74.